The third kappa shape index (κ3) is 5.38. The summed E-state index contributed by atoms with van der Waals surface area (Å²) in [5, 5.41) is 20.8. The SMILES string of the molecule is CN=C(NCCCc1nn(-c2ccccc2)c(N)c1C#N)NC1CCN(C(=O)C(C)C)C1. The number of benzene rings is 1. The molecule has 0 spiro atoms. The zero-order valence-corrected chi connectivity index (χ0v) is 19.0. The van der Waals surface area contributed by atoms with Gasteiger partial charge in [-0.1, -0.05) is 32.0 Å². The molecule has 2 aromatic rings. The van der Waals surface area contributed by atoms with Crippen LogP contribution in [-0.4, -0.2) is 59.3 Å². The van der Waals surface area contributed by atoms with Crippen molar-refractivity contribution in [1.29, 1.82) is 5.26 Å². The van der Waals surface area contributed by atoms with Gasteiger partial charge in [-0.2, -0.15) is 10.4 Å². The fraction of sp³-hybridized carbons (Fsp3) is 0.478. The number of nitrogens with zero attached hydrogens (tertiary/aromatic N) is 5. The van der Waals surface area contributed by atoms with E-state index in [0.717, 1.165) is 25.1 Å². The molecular formula is C23H32N8O. The summed E-state index contributed by atoms with van der Waals surface area (Å²) in [6.07, 6.45) is 2.29. The average Bonchev–Trinajstić information content (AvgIpc) is 3.39. The van der Waals surface area contributed by atoms with Crippen molar-refractivity contribution < 1.29 is 4.79 Å². The summed E-state index contributed by atoms with van der Waals surface area (Å²) < 4.78 is 1.62. The van der Waals surface area contributed by atoms with Crippen molar-refractivity contribution in [2.75, 3.05) is 32.4 Å². The Morgan fingerprint density at radius 3 is 2.78 bits per heavy atom. The van der Waals surface area contributed by atoms with E-state index < -0.39 is 0 Å². The van der Waals surface area contributed by atoms with Gasteiger partial charge in [-0.05, 0) is 31.4 Å². The first-order valence-corrected chi connectivity index (χ1v) is 11.0. The Hall–Kier alpha value is -3.54. The number of nitriles is 1. The number of amides is 1. The number of para-hydroxylation sites is 1. The van der Waals surface area contributed by atoms with Gasteiger partial charge in [-0.25, -0.2) is 4.68 Å². The largest absolute Gasteiger partial charge is 0.382 e. The molecular weight excluding hydrogens is 404 g/mol. The molecule has 1 unspecified atom stereocenters. The van der Waals surface area contributed by atoms with Crippen molar-refractivity contribution in [3.63, 3.8) is 0 Å². The second-order valence-electron chi connectivity index (χ2n) is 8.24. The second-order valence-corrected chi connectivity index (χ2v) is 8.24. The Bertz CT molecular complexity index is 989. The maximum atomic E-state index is 12.2. The highest BCUT2D eigenvalue weighted by atomic mass is 16.2. The molecule has 9 nitrogen and oxygen atoms in total. The molecule has 1 aromatic heterocycles. The number of nitrogens with two attached hydrogens (primary N) is 1. The molecule has 3 rings (SSSR count). The number of aryl methyl sites for hydroxylation is 1. The van der Waals surface area contributed by atoms with Crippen LogP contribution in [-0.2, 0) is 11.2 Å². The quantitative estimate of drug-likeness (QED) is 0.345. The lowest BCUT2D eigenvalue weighted by Gasteiger charge is -2.20. The number of carbonyl (C=O) groups excluding carboxylic acids is 1. The smallest absolute Gasteiger partial charge is 0.225 e. The van der Waals surface area contributed by atoms with Crippen molar-refractivity contribution in [2.24, 2.45) is 10.9 Å². The molecule has 2 heterocycles. The number of hydrogen-bond donors (Lipinski definition) is 3. The number of carbonyl (C=O) groups is 1. The summed E-state index contributed by atoms with van der Waals surface area (Å²) in [5.74, 6) is 1.29. The lowest BCUT2D eigenvalue weighted by molar-refractivity contribution is -0.133. The van der Waals surface area contributed by atoms with Crippen LogP contribution < -0.4 is 16.4 Å². The fourth-order valence-electron chi connectivity index (χ4n) is 3.84. The van der Waals surface area contributed by atoms with Crippen LogP contribution in [0.15, 0.2) is 35.3 Å². The van der Waals surface area contributed by atoms with Crippen LogP contribution in [0.1, 0.15) is 37.9 Å². The second kappa shape index (κ2) is 10.7. The van der Waals surface area contributed by atoms with Gasteiger partial charge in [0, 0.05) is 38.6 Å². The van der Waals surface area contributed by atoms with Crippen molar-refractivity contribution in [2.45, 2.75) is 39.2 Å². The van der Waals surface area contributed by atoms with Gasteiger partial charge in [0.1, 0.15) is 17.5 Å². The van der Waals surface area contributed by atoms with Gasteiger partial charge in [-0.15, -0.1) is 0 Å². The Labute approximate surface area is 189 Å². The summed E-state index contributed by atoms with van der Waals surface area (Å²) in [7, 11) is 1.73. The van der Waals surface area contributed by atoms with Crippen molar-refractivity contribution in [3.8, 4) is 11.8 Å². The molecule has 1 aliphatic heterocycles. The van der Waals surface area contributed by atoms with Crippen LogP contribution in [0.4, 0.5) is 5.82 Å². The standard InChI is InChI=1S/C23H32N8O/c1-16(2)22(32)30-13-11-17(15-30)28-23(26-3)27-12-7-10-20-19(14-24)21(25)31(29-20)18-8-5-4-6-9-18/h4-6,8-9,16-17H,7,10-13,15,25H2,1-3H3,(H2,26,27,28). The van der Waals surface area contributed by atoms with E-state index in [9.17, 15) is 10.1 Å². The van der Waals surface area contributed by atoms with Gasteiger partial charge in [0.2, 0.25) is 5.91 Å². The number of aromatic nitrogens is 2. The van der Waals surface area contributed by atoms with Gasteiger partial charge in [0.05, 0.1) is 11.4 Å². The lowest BCUT2D eigenvalue weighted by Crippen LogP contribution is -2.45. The number of hydrogen-bond acceptors (Lipinski definition) is 5. The number of aliphatic imine (C=N–C) groups is 1. The zero-order chi connectivity index (χ0) is 23.1. The van der Waals surface area contributed by atoms with Crippen LogP contribution in [0.2, 0.25) is 0 Å². The first kappa shape index (κ1) is 23.1. The van der Waals surface area contributed by atoms with E-state index in [0.29, 0.717) is 42.5 Å². The molecule has 0 radical (unpaired) electrons. The van der Waals surface area contributed by atoms with Gasteiger partial charge in [0.25, 0.3) is 0 Å². The zero-order valence-electron chi connectivity index (χ0n) is 19.0. The highest BCUT2D eigenvalue weighted by Crippen LogP contribution is 2.21. The Kier molecular flexibility index (Phi) is 7.71. The van der Waals surface area contributed by atoms with Crippen molar-refractivity contribution in [1.82, 2.24) is 25.3 Å². The molecule has 4 N–H and O–H groups in total. The molecule has 170 valence electrons. The summed E-state index contributed by atoms with van der Waals surface area (Å²) in [6, 6.07) is 11.9. The van der Waals surface area contributed by atoms with Crippen molar-refractivity contribution >= 4 is 17.7 Å². The minimum absolute atomic E-state index is 0.0175. The normalized spacial score (nSPS) is 16.3. The van der Waals surface area contributed by atoms with E-state index in [1.807, 2.05) is 49.1 Å². The van der Waals surface area contributed by atoms with Crippen LogP contribution in [0, 0.1) is 17.2 Å². The molecule has 0 bridgehead atoms. The average molecular weight is 437 g/mol. The molecule has 1 amide bonds. The Morgan fingerprint density at radius 1 is 1.38 bits per heavy atom. The third-order valence-electron chi connectivity index (χ3n) is 5.55. The summed E-state index contributed by atoms with van der Waals surface area (Å²) in [5.41, 5.74) is 8.12. The fourth-order valence-corrected chi connectivity index (χ4v) is 3.84. The van der Waals surface area contributed by atoms with Crippen LogP contribution in [0.5, 0.6) is 0 Å². The number of guanidine groups is 1. The first-order valence-electron chi connectivity index (χ1n) is 11.0. The van der Waals surface area contributed by atoms with E-state index in [1.54, 1.807) is 11.7 Å². The number of rotatable bonds is 7. The molecule has 0 saturated carbocycles. The minimum atomic E-state index is 0.0175. The van der Waals surface area contributed by atoms with E-state index in [1.165, 1.54) is 0 Å². The molecule has 0 aliphatic carbocycles. The molecule has 1 saturated heterocycles. The Balaban J connectivity index is 1.51. The monoisotopic (exact) mass is 436 g/mol. The van der Waals surface area contributed by atoms with E-state index in [-0.39, 0.29) is 17.9 Å². The maximum absolute atomic E-state index is 12.2. The van der Waals surface area contributed by atoms with Gasteiger partial charge < -0.3 is 21.3 Å². The van der Waals surface area contributed by atoms with Gasteiger partial charge >= 0.3 is 0 Å². The first-order chi connectivity index (χ1) is 15.4. The highest BCUT2D eigenvalue weighted by molar-refractivity contribution is 5.81. The van der Waals surface area contributed by atoms with Crippen LogP contribution >= 0.6 is 0 Å². The lowest BCUT2D eigenvalue weighted by atomic mass is 10.1. The Morgan fingerprint density at radius 2 is 2.12 bits per heavy atom. The van der Waals surface area contributed by atoms with Gasteiger partial charge in [-0.3, -0.25) is 9.79 Å². The molecule has 1 aromatic carbocycles. The summed E-state index contributed by atoms with van der Waals surface area (Å²) in [6.45, 7) is 5.99. The molecule has 1 fully saturated rings. The summed E-state index contributed by atoms with van der Waals surface area (Å²) in [4.78, 5) is 18.4. The van der Waals surface area contributed by atoms with E-state index >= 15 is 0 Å². The predicted octanol–water partition coefficient (Wildman–Crippen LogP) is 1.68. The number of nitrogen functional groups attached to an aromatic ring is 1. The molecule has 1 aliphatic rings. The van der Waals surface area contributed by atoms with Crippen LogP contribution in [0.3, 0.4) is 0 Å². The number of likely N-dealkylation sites (tertiary alicyclic amines) is 1. The molecule has 9 heteroatoms. The van der Waals surface area contributed by atoms with E-state index in [4.69, 9.17) is 5.73 Å². The predicted molar refractivity (Wildman–Crippen MR) is 125 cm³/mol. The summed E-state index contributed by atoms with van der Waals surface area (Å²) >= 11 is 0. The number of anilines is 1. The molecule has 1 atom stereocenters. The van der Waals surface area contributed by atoms with Crippen molar-refractivity contribution in [3.05, 3.63) is 41.6 Å². The minimum Gasteiger partial charge on any atom is -0.382 e. The van der Waals surface area contributed by atoms with E-state index in [2.05, 4.69) is 26.8 Å². The number of nitrogens with one attached hydrogen (secondary N) is 2. The topological polar surface area (TPSA) is 124 Å². The van der Waals surface area contributed by atoms with Crippen LogP contribution in [0.25, 0.3) is 5.69 Å². The molecule has 32 heavy (non-hydrogen) atoms. The highest BCUT2D eigenvalue weighted by Gasteiger charge is 2.28. The maximum Gasteiger partial charge on any atom is 0.225 e. The van der Waals surface area contributed by atoms with Gasteiger partial charge in [0.15, 0.2) is 5.96 Å². The third-order valence-corrected chi connectivity index (χ3v) is 5.55.